The number of aromatic nitrogens is 2. The summed E-state index contributed by atoms with van der Waals surface area (Å²) in [5, 5.41) is 0. The number of likely N-dealkylation sites (tertiary alicyclic amines) is 1. The zero-order chi connectivity index (χ0) is 27.0. The second-order valence-electron chi connectivity index (χ2n) is 9.57. The smallest absolute Gasteiger partial charge is 0.272 e. The van der Waals surface area contributed by atoms with Gasteiger partial charge in [-0.2, -0.15) is 9.29 Å². The van der Waals surface area contributed by atoms with Crippen molar-refractivity contribution in [1.82, 2.24) is 18.6 Å². The van der Waals surface area contributed by atoms with Crippen molar-refractivity contribution in [3.8, 4) is 17.4 Å². The van der Waals surface area contributed by atoms with Gasteiger partial charge in [-0.15, -0.1) is 0 Å². The van der Waals surface area contributed by atoms with Crippen molar-refractivity contribution in [3.63, 3.8) is 0 Å². The number of benzene rings is 1. The molecular formula is C26H30N4O7S. The molecule has 0 spiro atoms. The minimum atomic E-state index is -4.20. The van der Waals surface area contributed by atoms with Crippen molar-refractivity contribution in [2.24, 2.45) is 0 Å². The van der Waals surface area contributed by atoms with Crippen LogP contribution < -0.4 is 19.8 Å². The summed E-state index contributed by atoms with van der Waals surface area (Å²) in [4.78, 5) is 32.6. The standard InChI is InChI=1S/C26H30N4O7S/c1-17(2)19-13-18(35-3)14-21-24(19)26(32)30(38(21,33)34)16-37-22-15-23(31)29-10-6-7-20(25(29)27-22)36-12-11-28-8-4-5-9-28/h6-7,10,13-15,17H,4-5,8-9,11-12,16H2,1-3H3. The molecule has 0 unspecified atom stereocenters. The fourth-order valence-electron chi connectivity index (χ4n) is 4.78. The lowest BCUT2D eigenvalue weighted by Gasteiger charge is -2.17. The molecule has 12 heteroatoms. The number of pyridine rings is 1. The van der Waals surface area contributed by atoms with Gasteiger partial charge in [0.15, 0.2) is 18.1 Å². The Hall–Kier alpha value is -3.64. The molecule has 11 nitrogen and oxygen atoms in total. The van der Waals surface area contributed by atoms with Gasteiger partial charge in [0.1, 0.15) is 17.3 Å². The first-order valence-corrected chi connectivity index (χ1v) is 13.9. The topological polar surface area (TPSA) is 120 Å². The van der Waals surface area contributed by atoms with Crippen LogP contribution in [0.4, 0.5) is 0 Å². The summed E-state index contributed by atoms with van der Waals surface area (Å²) in [5.74, 6) is -0.195. The third-order valence-electron chi connectivity index (χ3n) is 6.80. The van der Waals surface area contributed by atoms with Crippen LogP contribution in [-0.2, 0) is 10.0 Å². The molecule has 2 aliphatic heterocycles. The Kier molecular flexibility index (Phi) is 7.01. The molecular weight excluding hydrogens is 512 g/mol. The van der Waals surface area contributed by atoms with Crippen molar-refractivity contribution in [2.45, 2.75) is 37.5 Å². The zero-order valence-corrected chi connectivity index (χ0v) is 22.4. The molecule has 1 fully saturated rings. The number of carbonyl (C=O) groups excluding carboxylic acids is 1. The number of methoxy groups -OCH3 is 1. The van der Waals surface area contributed by atoms with Crippen molar-refractivity contribution >= 4 is 21.6 Å². The molecule has 0 bridgehead atoms. The maximum absolute atomic E-state index is 13.3. The normalized spacial score (nSPS) is 16.8. The molecule has 1 amide bonds. The maximum Gasteiger partial charge on any atom is 0.272 e. The van der Waals surface area contributed by atoms with Crippen molar-refractivity contribution < 1.29 is 27.4 Å². The number of sulfonamides is 1. The summed E-state index contributed by atoms with van der Waals surface area (Å²) in [5.41, 5.74) is 0.473. The Morgan fingerprint density at radius 3 is 2.55 bits per heavy atom. The molecule has 38 heavy (non-hydrogen) atoms. The first-order chi connectivity index (χ1) is 18.2. The van der Waals surface area contributed by atoms with Gasteiger partial charge in [0.25, 0.3) is 21.5 Å². The Morgan fingerprint density at radius 1 is 1.08 bits per heavy atom. The third-order valence-corrected chi connectivity index (χ3v) is 8.53. The monoisotopic (exact) mass is 542 g/mol. The first kappa shape index (κ1) is 26.0. The zero-order valence-electron chi connectivity index (χ0n) is 21.5. The fourth-order valence-corrected chi connectivity index (χ4v) is 6.24. The first-order valence-electron chi connectivity index (χ1n) is 12.5. The highest BCUT2D eigenvalue weighted by Crippen LogP contribution is 2.38. The number of carbonyl (C=O) groups is 1. The van der Waals surface area contributed by atoms with Gasteiger partial charge < -0.3 is 14.2 Å². The van der Waals surface area contributed by atoms with E-state index in [4.69, 9.17) is 14.2 Å². The molecule has 202 valence electrons. The Morgan fingerprint density at radius 2 is 1.84 bits per heavy atom. The molecule has 0 N–H and O–H groups in total. The molecule has 0 radical (unpaired) electrons. The fraction of sp³-hybridized carbons (Fsp3) is 0.423. The molecule has 0 aliphatic carbocycles. The van der Waals surface area contributed by atoms with Crippen molar-refractivity contribution in [1.29, 1.82) is 0 Å². The van der Waals surface area contributed by atoms with E-state index < -0.39 is 28.2 Å². The van der Waals surface area contributed by atoms with Crippen LogP contribution in [0, 0.1) is 0 Å². The van der Waals surface area contributed by atoms with E-state index >= 15 is 0 Å². The SMILES string of the molecule is COc1cc(C(C)C)c2c(c1)S(=O)(=O)N(COc1cc(=O)n3cccc(OCCN4CCCC4)c3n1)C2=O. The van der Waals surface area contributed by atoms with Crippen LogP contribution in [-0.4, -0.2) is 73.0 Å². The van der Waals surface area contributed by atoms with Crippen LogP contribution in [0.5, 0.6) is 17.4 Å². The van der Waals surface area contributed by atoms with Gasteiger partial charge in [-0.05, 0) is 55.6 Å². The number of hydrogen-bond donors (Lipinski definition) is 0. The van der Waals surface area contributed by atoms with E-state index in [1.165, 1.54) is 30.4 Å². The van der Waals surface area contributed by atoms with Crippen LogP contribution in [0.2, 0.25) is 0 Å². The van der Waals surface area contributed by atoms with Gasteiger partial charge in [-0.1, -0.05) is 13.8 Å². The molecule has 0 atom stereocenters. The summed E-state index contributed by atoms with van der Waals surface area (Å²) in [6.45, 7) is 6.37. The summed E-state index contributed by atoms with van der Waals surface area (Å²) >= 11 is 0. The Balaban J connectivity index is 1.39. The average molecular weight is 543 g/mol. The number of ether oxygens (including phenoxy) is 3. The summed E-state index contributed by atoms with van der Waals surface area (Å²) < 4.78 is 45.3. The molecule has 3 aromatic rings. The predicted molar refractivity (Wildman–Crippen MR) is 139 cm³/mol. The number of hydrogen-bond acceptors (Lipinski definition) is 9. The van der Waals surface area contributed by atoms with E-state index in [9.17, 15) is 18.0 Å². The second-order valence-corrected chi connectivity index (χ2v) is 11.4. The average Bonchev–Trinajstić information content (AvgIpc) is 3.47. The highest BCUT2D eigenvalue weighted by atomic mass is 32.2. The summed E-state index contributed by atoms with van der Waals surface area (Å²) in [6.07, 6.45) is 3.92. The quantitative estimate of drug-likeness (QED) is 0.402. The van der Waals surface area contributed by atoms with Gasteiger partial charge in [-0.3, -0.25) is 18.9 Å². The lowest BCUT2D eigenvalue weighted by atomic mass is 9.96. The van der Waals surface area contributed by atoms with Crippen molar-refractivity contribution in [2.75, 3.05) is 40.1 Å². The van der Waals surface area contributed by atoms with Crippen LogP contribution in [0.3, 0.4) is 0 Å². The Bertz CT molecular complexity index is 1550. The van der Waals surface area contributed by atoms with Gasteiger partial charge in [0.05, 0.1) is 18.7 Å². The van der Waals surface area contributed by atoms with Gasteiger partial charge in [-0.25, -0.2) is 8.42 Å². The Labute approximate surface area is 220 Å². The highest BCUT2D eigenvalue weighted by Gasteiger charge is 2.44. The van der Waals surface area contributed by atoms with E-state index in [0.717, 1.165) is 25.7 Å². The van der Waals surface area contributed by atoms with Crippen LogP contribution in [0.1, 0.15) is 48.5 Å². The molecule has 1 saturated heterocycles. The second kappa shape index (κ2) is 10.3. The van der Waals surface area contributed by atoms with E-state index in [1.54, 1.807) is 24.4 Å². The van der Waals surface area contributed by atoms with Gasteiger partial charge in [0.2, 0.25) is 5.88 Å². The summed E-state index contributed by atoms with van der Waals surface area (Å²) in [7, 11) is -2.76. The number of rotatable bonds is 9. The predicted octanol–water partition coefficient (Wildman–Crippen LogP) is 2.48. The maximum atomic E-state index is 13.3. The minimum Gasteiger partial charge on any atom is -0.497 e. The van der Waals surface area contributed by atoms with E-state index in [2.05, 4.69) is 9.88 Å². The van der Waals surface area contributed by atoms with E-state index in [1.807, 2.05) is 13.8 Å². The molecule has 0 saturated carbocycles. The van der Waals surface area contributed by atoms with Gasteiger partial charge >= 0.3 is 0 Å². The molecule has 5 rings (SSSR count). The summed E-state index contributed by atoms with van der Waals surface area (Å²) in [6, 6.07) is 7.54. The number of fused-ring (bicyclic) bond motifs is 2. The lowest BCUT2D eigenvalue weighted by molar-refractivity contribution is 0.0785. The molecule has 4 heterocycles. The van der Waals surface area contributed by atoms with E-state index in [0.29, 0.717) is 28.0 Å². The van der Waals surface area contributed by atoms with E-state index in [-0.39, 0.29) is 27.9 Å². The van der Waals surface area contributed by atoms with Gasteiger partial charge in [0, 0.05) is 18.8 Å². The third kappa shape index (κ3) is 4.69. The minimum absolute atomic E-state index is 0.102. The number of nitrogens with zero attached hydrogens (tertiary/aromatic N) is 4. The molecule has 1 aromatic carbocycles. The number of amides is 1. The van der Waals surface area contributed by atoms with Crippen molar-refractivity contribution in [3.05, 3.63) is 58.0 Å². The van der Waals surface area contributed by atoms with Crippen LogP contribution >= 0.6 is 0 Å². The van der Waals surface area contributed by atoms with Crippen LogP contribution in [0.15, 0.2) is 46.2 Å². The largest absolute Gasteiger partial charge is 0.497 e. The molecule has 2 aliphatic rings. The van der Waals surface area contributed by atoms with Crippen LogP contribution in [0.25, 0.3) is 5.65 Å². The lowest BCUT2D eigenvalue weighted by Crippen LogP contribution is -2.34. The molecule has 2 aromatic heterocycles. The highest BCUT2D eigenvalue weighted by molar-refractivity contribution is 7.90.